The highest BCUT2D eigenvalue weighted by Crippen LogP contribution is 2.46. The number of hydrazine groups is 2. The summed E-state index contributed by atoms with van der Waals surface area (Å²) in [7, 11) is 0. The molecule has 170 valence electrons. The minimum absolute atomic E-state index is 0.341. The van der Waals surface area contributed by atoms with E-state index in [0.717, 1.165) is 35.7 Å². The molecule has 3 aromatic rings. The predicted molar refractivity (Wildman–Crippen MR) is 115 cm³/mol. The van der Waals surface area contributed by atoms with Crippen LogP contribution in [0.5, 0.6) is 0 Å². The number of nitrogens with one attached hydrogen (secondary N) is 2. The average molecular weight is 496 g/mol. The van der Waals surface area contributed by atoms with E-state index in [1.165, 1.54) is 17.4 Å². The molecule has 0 bridgehead atoms. The first-order chi connectivity index (χ1) is 15.7. The number of alkyl halides is 2. The average Bonchev–Trinajstić information content (AvgIpc) is 3.43. The Hall–Kier alpha value is -3.17. The van der Waals surface area contributed by atoms with Crippen LogP contribution in [0.4, 0.5) is 17.6 Å². The predicted octanol–water partition coefficient (Wildman–Crippen LogP) is 3.72. The van der Waals surface area contributed by atoms with Crippen LogP contribution in [0, 0.1) is 23.5 Å². The molecule has 12 heteroatoms. The number of hydrogen-bond donors (Lipinski definition) is 3. The topological polar surface area (TPSA) is 72.8 Å². The molecule has 0 amide bonds. The number of halogens is 5. The number of pyridine rings is 1. The second kappa shape index (κ2) is 8.99. The van der Waals surface area contributed by atoms with Crippen LogP contribution in [-0.4, -0.2) is 28.0 Å². The lowest BCUT2D eigenvalue weighted by molar-refractivity contribution is -0.206. The fraction of sp³-hybridized carbons (Fsp3) is 0.143. The molecule has 6 nitrogen and oxygen atoms in total. The molecule has 1 aliphatic heterocycles. The highest BCUT2D eigenvalue weighted by atomic mass is 35.5. The van der Waals surface area contributed by atoms with E-state index in [2.05, 4.69) is 33.0 Å². The van der Waals surface area contributed by atoms with Gasteiger partial charge in [0.05, 0.1) is 15.8 Å². The van der Waals surface area contributed by atoms with Crippen molar-refractivity contribution >= 4 is 29.3 Å². The molecule has 0 fully saturated rings. The summed E-state index contributed by atoms with van der Waals surface area (Å²) in [6.45, 7) is -0.846. The molecule has 2 aromatic heterocycles. The van der Waals surface area contributed by atoms with Crippen molar-refractivity contribution in [2.24, 2.45) is 5.10 Å². The Morgan fingerprint density at radius 1 is 1.12 bits per heavy atom. The molecular formula is C21H14ClF4N5OS. The second-order valence-corrected chi connectivity index (χ2v) is 8.66. The molecule has 1 aromatic carbocycles. The molecule has 1 aliphatic rings. The van der Waals surface area contributed by atoms with Gasteiger partial charge in [-0.3, -0.25) is 9.99 Å². The van der Waals surface area contributed by atoms with Crippen LogP contribution in [0.3, 0.4) is 0 Å². The van der Waals surface area contributed by atoms with Crippen molar-refractivity contribution in [2.45, 2.75) is 11.5 Å². The maximum atomic E-state index is 15.7. The van der Waals surface area contributed by atoms with Gasteiger partial charge in [0, 0.05) is 23.4 Å². The molecule has 33 heavy (non-hydrogen) atoms. The maximum Gasteiger partial charge on any atom is 0.323 e. The molecule has 0 spiro atoms. The van der Waals surface area contributed by atoms with E-state index in [-0.39, 0.29) is 0 Å². The third kappa shape index (κ3) is 4.65. The van der Waals surface area contributed by atoms with E-state index in [1.807, 2.05) is 0 Å². The van der Waals surface area contributed by atoms with E-state index in [9.17, 15) is 13.9 Å². The summed E-state index contributed by atoms with van der Waals surface area (Å²) < 4.78 is 59.8. The summed E-state index contributed by atoms with van der Waals surface area (Å²) in [6, 6.07) is 7.67. The highest BCUT2D eigenvalue weighted by Gasteiger charge is 2.58. The Labute approximate surface area is 194 Å². The van der Waals surface area contributed by atoms with E-state index in [4.69, 9.17) is 11.6 Å². The van der Waals surface area contributed by atoms with Crippen LogP contribution in [0.2, 0.25) is 4.34 Å². The number of rotatable bonds is 5. The van der Waals surface area contributed by atoms with Gasteiger partial charge in [0.2, 0.25) is 0 Å². The fourth-order valence-corrected chi connectivity index (χ4v) is 4.00. The normalized spacial score (nSPS) is 15.0. The van der Waals surface area contributed by atoms with Gasteiger partial charge in [-0.15, -0.1) is 16.9 Å². The number of hydrogen-bond acceptors (Lipinski definition) is 7. The van der Waals surface area contributed by atoms with Crippen molar-refractivity contribution in [3.8, 4) is 11.8 Å². The van der Waals surface area contributed by atoms with Crippen molar-refractivity contribution in [3.05, 3.63) is 86.3 Å². The molecule has 0 radical (unpaired) electrons. The molecule has 1 unspecified atom stereocenters. The molecule has 0 aliphatic carbocycles. The Morgan fingerprint density at radius 2 is 1.94 bits per heavy atom. The van der Waals surface area contributed by atoms with E-state index in [1.54, 1.807) is 12.1 Å². The van der Waals surface area contributed by atoms with Gasteiger partial charge in [-0.05, 0) is 36.4 Å². The monoisotopic (exact) mass is 495 g/mol. The smallest absolute Gasteiger partial charge is 0.323 e. The summed E-state index contributed by atoms with van der Waals surface area (Å²) in [5.74, 6) is -0.783. The van der Waals surface area contributed by atoms with Crippen LogP contribution in [0.25, 0.3) is 0 Å². The number of hydrazone groups is 1. The zero-order chi connectivity index (χ0) is 23.6. The third-order valence-electron chi connectivity index (χ3n) is 4.74. The van der Waals surface area contributed by atoms with Gasteiger partial charge in [-0.1, -0.05) is 23.4 Å². The van der Waals surface area contributed by atoms with Crippen LogP contribution >= 0.6 is 22.9 Å². The number of aromatic nitrogens is 1. The van der Waals surface area contributed by atoms with Crippen molar-refractivity contribution in [1.29, 1.82) is 0 Å². The minimum Gasteiger partial charge on any atom is -0.377 e. The summed E-state index contributed by atoms with van der Waals surface area (Å²) >= 11 is 7.11. The Kier molecular flexibility index (Phi) is 6.27. The molecule has 3 N–H and O–H groups in total. The fourth-order valence-electron chi connectivity index (χ4n) is 3.11. The van der Waals surface area contributed by atoms with Crippen molar-refractivity contribution in [1.82, 2.24) is 21.1 Å². The van der Waals surface area contributed by atoms with Gasteiger partial charge in [0.15, 0.2) is 5.60 Å². The minimum atomic E-state index is -4.10. The van der Waals surface area contributed by atoms with Crippen molar-refractivity contribution in [2.75, 3.05) is 6.54 Å². The van der Waals surface area contributed by atoms with E-state index < -0.39 is 41.0 Å². The lowest BCUT2D eigenvalue weighted by atomic mass is 9.84. The lowest BCUT2D eigenvalue weighted by Crippen LogP contribution is -2.54. The number of β-amino-alcohol motifs (C(OH)–C–C–N with tert-alkyl or cyclic N) is 1. The summed E-state index contributed by atoms with van der Waals surface area (Å²) in [5, 5.41) is 15.7. The zero-order valence-electron chi connectivity index (χ0n) is 16.5. The summed E-state index contributed by atoms with van der Waals surface area (Å²) in [6.07, 6.45) is 2.20. The van der Waals surface area contributed by atoms with Gasteiger partial charge in [0.1, 0.15) is 23.7 Å². The third-order valence-corrected chi connectivity index (χ3v) is 5.89. The first-order valence-corrected chi connectivity index (χ1v) is 10.5. The second-order valence-electron chi connectivity index (χ2n) is 6.94. The van der Waals surface area contributed by atoms with Crippen molar-refractivity contribution in [3.63, 3.8) is 0 Å². The largest absolute Gasteiger partial charge is 0.377 e. The Morgan fingerprint density at radius 3 is 2.55 bits per heavy atom. The maximum absolute atomic E-state index is 15.7. The molecule has 3 heterocycles. The molecule has 0 saturated carbocycles. The van der Waals surface area contributed by atoms with Gasteiger partial charge in [-0.25, -0.2) is 14.3 Å². The lowest BCUT2D eigenvalue weighted by Gasteiger charge is -2.38. The summed E-state index contributed by atoms with van der Waals surface area (Å²) in [5.41, 5.74) is 0.251. The molecule has 0 saturated heterocycles. The zero-order valence-corrected chi connectivity index (χ0v) is 18.1. The van der Waals surface area contributed by atoms with Crippen molar-refractivity contribution < 1.29 is 22.7 Å². The quantitative estimate of drug-likeness (QED) is 0.372. The van der Waals surface area contributed by atoms with Gasteiger partial charge < -0.3 is 5.11 Å². The first-order valence-electron chi connectivity index (χ1n) is 9.29. The summed E-state index contributed by atoms with van der Waals surface area (Å²) in [4.78, 5) is 4.45. The Bertz CT molecular complexity index is 1260. The Balaban J connectivity index is 1.69. The first kappa shape index (κ1) is 23.0. The highest BCUT2D eigenvalue weighted by molar-refractivity contribution is 7.16. The number of benzene rings is 1. The van der Waals surface area contributed by atoms with Gasteiger partial charge in [-0.2, -0.15) is 13.9 Å². The number of thiophene rings is 1. The van der Waals surface area contributed by atoms with E-state index in [0.29, 0.717) is 20.8 Å². The van der Waals surface area contributed by atoms with Crippen LogP contribution in [-0.2, 0) is 11.5 Å². The number of aliphatic hydroxyl groups is 1. The van der Waals surface area contributed by atoms with Crippen LogP contribution in [0.15, 0.2) is 53.8 Å². The van der Waals surface area contributed by atoms with Gasteiger partial charge >= 0.3 is 5.92 Å². The van der Waals surface area contributed by atoms with Gasteiger partial charge in [0.25, 0.3) is 0 Å². The molecular weight excluding hydrogens is 482 g/mol. The molecule has 1 atom stereocenters. The molecule has 4 rings (SSSR count). The standard InChI is InChI=1S/C21H14ClF4N5OS/c22-19-8-5-15(33-19)4-1-13-2-7-18(27-10-13)21(25,26)20(32,11-31-12-28-29-30-31)16-6-3-14(23)9-17(16)24/h2-3,5-10,12,29-30,32H,11H2. The van der Waals surface area contributed by atoms with E-state index >= 15 is 8.78 Å². The number of nitrogens with zero attached hydrogens (tertiary/aromatic N) is 3. The SMILES string of the molecule is OC(CN1C=NNN1)(c1ccc(F)cc1F)C(F)(F)c1ccc(C#Cc2ccc(Cl)s2)cn1. The van der Waals surface area contributed by atoms with Crippen LogP contribution in [0.1, 0.15) is 21.7 Å². The van der Waals surface area contributed by atoms with Crippen LogP contribution < -0.4 is 11.1 Å².